The first-order chi connectivity index (χ1) is 14.4. The van der Waals surface area contributed by atoms with Crippen LogP contribution in [0.5, 0.6) is 5.75 Å². The number of oxazole rings is 1. The predicted molar refractivity (Wildman–Crippen MR) is 116 cm³/mol. The van der Waals surface area contributed by atoms with Crippen LogP contribution in [-0.4, -0.2) is 28.7 Å². The number of aromatic nitrogens is 1. The van der Waals surface area contributed by atoms with Gasteiger partial charge in [0.25, 0.3) is 0 Å². The van der Waals surface area contributed by atoms with Crippen LogP contribution in [0.25, 0.3) is 28.1 Å². The summed E-state index contributed by atoms with van der Waals surface area (Å²) in [6.45, 7) is 7.95. The molecule has 7 nitrogen and oxygen atoms in total. The Labute approximate surface area is 175 Å². The number of aliphatic hydroxyl groups excluding tert-OH is 1. The number of nitrogens with two attached hydrogens (primary N) is 1. The van der Waals surface area contributed by atoms with E-state index in [4.69, 9.17) is 20.1 Å². The molecule has 30 heavy (non-hydrogen) atoms. The molecule has 7 heteroatoms. The molecule has 2 unspecified atom stereocenters. The van der Waals surface area contributed by atoms with Gasteiger partial charge in [0.15, 0.2) is 5.58 Å². The molecule has 2 aromatic carbocycles. The van der Waals surface area contributed by atoms with E-state index >= 15 is 0 Å². The summed E-state index contributed by atoms with van der Waals surface area (Å²) in [4.78, 5) is 16.2. The zero-order valence-electron chi connectivity index (χ0n) is 17.2. The van der Waals surface area contributed by atoms with Gasteiger partial charge in [-0.15, -0.1) is 0 Å². The highest BCUT2D eigenvalue weighted by Crippen LogP contribution is 2.31. The maximum Gasteiger partial charge on any atom is 0.234 e. The summed E-state index contributed by atoms with van der Waals surface area (Å²) in [7, 11) is 0. The van der Waals surface area contributed by atoms with Crippen LogP contribution < -0.4 is 16.0 Å². The van der Waals surface area contributed by atoms with Crippen LogP contribution in [0.4, 0.5) is 0 Å². The van der Waals surface area contributed by atoms with Crippen molar-refractivity contribution in [2.45, 2.75) is 32.8 Å². The van der Waals surface area contributed by atoms with Crippen molar-refractivity contribution in [2.24, 2.45) is 11.8 Å². The molecule has 1 amide bonds. The summed E-state index contributed by atoms with van der Waals surface area (Å²) >= 11 is 0. The van der Waals surface area contributed by atoms with Gasteiger partial charge in [0.2, 0.25) is 11.8 Å². The zero-order valence-corrected chi connectivity index (χ0v) is 17.2. The number of nitrogens with zero attached hydrogens (tertiary/aromatic N) is 1. The molecular weight excluding hydrogens is 382 g/mol. The van der Waals surface area contributed by atoms with Crippen LogP contribution in [0.3, 0.4) is 0 Å². The minimum Gasteiger partial charge on any atom is -0.488 e. The fraction of sp³-hybridized carbons (Fsp3) is 0.304. The van der Waals surface area contributed by atoms with Crippen molar-refractivity contribution in [2.75, 3.05) is 6.61 Å². The number of rotatable bonds is 9. The first-order valence-electron chi connectivity index (χ1n) is 9.92. The zero-order chi connectivity index (χ0) is 21.7. The molecule has 0 bridgehead atoms. The van der Waals surface area contributed by atoms with Gasteiger partial charge in [-0.3, -0.25) is 10.2 Å². The standard InChI is InChI=1S/C23H27N3O4/c1-4-16(12-22(28)26-24)15(3)18-7-10-20-21(11-18)30-23(25-20)17-5-8-19(9-6-17)29-14(2)13-27/h5-11,14,16,27H,3-4,12-13,24H2,1-2H3,(H,26,28). The molecule has 0 radical (unpaired) electrons. The second kappa shape index (κ2) is 9.56. The van der Waals surface area contributed by atoms with E-state index in [1.54, 1.807) is 6.92 Å². The number of aliphatic hydroxyl groups is 1. The monoisotopic (exact) mass is 409 g/mol. The van der Waals surface area contributed by atoms with Gasteiger partial charge in [-0.25, -0.2) is 10.8 Å². The Morgan fingerprint density at radius 3 is 2.67 bits per heavy atom. The van der Waals surface area contributed by atoms with Gasteiger partial charge in [0, 0.05) is 12.0 Å². The number of hydrogen-bond acceptors (Lipinski definition) is 6. The Morgan fingerprint density at radius 1 is 1.30 bits per heavy atom. The number of carbonyl (C=O) groups is 1. The summed E-state index contributed by atoms with van der Waals surface area (Å²) in [6.07, 6.45) is 0.791. The Hall–Kier alpha value is -3.16. The van der Waals surface area contributed by atoms with E-state index in [0.29, 0.717) is 17.2 Å². The van der Waals surface area contributed by atoms with Crippen molar-refractivity contribution >= 4 is 22.6 Å². The normalized spacial score (nSPS) is 13.1. The van der Waals surface area contributed by atoms with Gasteiger partial charge in [0.05, 0.1) is 6.61 Å². The van der Waals surface area contributed by atoms with Crippen LogP contribution in [0, 0.1) is 5.92 Å². The van der Waals surface area contributed by atoms with E-state index in [2.05, 4.69) is 17.0 Å². The largest absolute Gasteiger partial charge is 0.488 e. The lowest BCUT2D eigenvalue weighted by Crippen LogP contribution is -2.31. The first kappa shape index (κ1) is 21.5. The molecule has 3 rings (SSSR count). The second-order valence-corrected chi connectivity index (χ2v) is 7.24. The highest BCUT2D eigenvalue weighted by atomic mass is 16.5. The Morgan fingerprint density at radius 2 is 2.03 bits per heavy atom. The lowest BCUT2D eigenvalue weighted by atomic mass is 9.89. The summed E-state index contributed by atoms with van der Waals surface area (Å²) in [5.74, 6) is 6.16. The summed E-state index contributed by atoms with van der Waals surface area (Å²) in [5, 5.41) is 9.09. The number of benzene rings is 2. The van der Waals surface area contributed by atoms with Gasteiger partial charge < -0.3 is 14.3 Å². The molecule has 0 aliphatic heterocycles. The van der Waals surface area contributed by atoms with E-state index in [-0.39, 0.29) is 31.0 Å². The molecule has 0 aliphatic carbocycles. The van der Waals surface area contributed by atoms with Gasteiger partial charge >= 0.3 is 0 Å². The topological polar surface area (TPSA) is 111 Å². The predicted octanol–water partition coefficient (Wildman–Crippen LogP) is 3.67. The minimum absolute atomic E-state index is 0.0118. The molecule has 0 spiro atoms. The van der Waals surface area contributed by atoms with E-state index < -0.39 is 0 Å². The Balaban J connectivity index is 1.82. The summed E-state index contributed by atoms with van der Waals surface area (Å²) in [6, 6.07) is 13.1. The summed E-state index contributed by atoms with van der Waals surface area (Å²) in [5.41, 5.74) is 6.15. The van der Waals surface area contributed by atoms with Crippen molar-refractivity contribution in [3.8, 4) is 17.2 Å². The van der Waals surface area contributed by atoms with Gasteiger partial charge in [-0.1, -0.05) is 19.6 Å². The number of amides is 1. The average molecular weight is 409 g/mol. The lowest BCUT2D eigenvalue weighted by Gasteiger charge is -2.17. The Kier molecular flexibility index (Phi) is 6.87. The number of fused-ring (bicyclic) bond motifs is 1. The maximum atomic E-state index is 11.7. The van der Waals surface area contributed by atoms with Crippen molar-refractivity contribution in [3.05, 3.63) is 54.6 Å². The molecule has 2 atom stereocenters. The Bertz CT molecular complexity index is 1030. The van der Waals surface area contributed by atoms with Crippen molar-refractivity contribution in [3.63, 3.8) is 0 Å². The van der Waals surface area contributed by atoms with Gasteiger partial charge in [-0.05, 0) is 66.8 Å². The molecule has 0 aliphatic rings. The third kappa shape index (κ3) is 4.87. The number of ether oxygens (including phenoxy) is 1. The van der Waals surface area contributed by atoms with Crippen LogP contribution >= 0.6 is 0 Å². The molecule has 158 valence electrons. The second-order valence-electron chi connectivity index (χ2n) is 7.24. The molecule has 3 aromatic rings. The van der Waals surface area contributed by atoms with Crippen LogP contribution in [0.1, 0.15) is 32.3 Å². The first-order valence-corrected chi connectivity index (χ1v) is 9.92. The molecule has 4 N–H and O–H groups in total. The van der Waals surface area contributed by atoms with Crippen molar-refractivity contribution < 1.29 is 19.1 Å². The number of carbonyl (C=O) groups excluding carboxylic acids is 1. The van der Waals surface area contributed by atoms with E-state index in [1.807, 2.05) is 49.4 Å². The minimum atomic E-state index is -0.269. The van der Waals surface area contributed by atoms with Gasteiger partial charge in [0.1, 0.15) is 17.4 Å². The summed E-state index contributed by atoms with van der Waals surface area (Å²) < 4.78 is 11.5. The fourth-order valence-electron chi connectivity index (χ4n) is 3.23. The molecule has 1 aromatic heterocycles. The SMILES string of the molecule is C=C(c1ccc2nc(-c3ccc(OC(C)CO)cc3)oc2c1)C(CC)CC(=O)NN. The third-order valence-electron chi connectivity index (χ3n) is 5.03. The number of hydrogen-bond donors (Lipinski definition) is 3. The van der Waals surface area contributed by atoms with Gasteiger partial charge in [-0.2, -0.15) is 0 Å². The molecule has 0 saturated carbocycles. The number of hydrazine groups is 1. The molecule has 0 fully saturated rings. The maximum absolute atomic E-state index is 11.7. The number of allylic oxidation sites excluding steroid dienone is 1. The highest BCUT2D eigenvalue weighted by molar-refractivity contribution is 5.83. The van der Waals surface area contributed by atoms with Crippen molar-refractivity contribution in [1.29, 1.82) is 0 Å². The van der Waals surface area contributed by atoms with Crippen molar-refractivity contribution in [1.82, 2.24) is 10.4 Å². The van der Waals surface area contributed by atoms with E-state index in [9.17, 15) is 4.79 Å². The van der Waals surface area contributed by atoms with E-state index in [1.165, 1.54) is 0 Å². The van der Waals surface area contributed by atoms with E-state index in [0.717, 1.165) is 28.6 Å². The third-order valence-corrected chi connectivity index (χ3v) is 5.03. The van der Waals surface area contributed by atoms with Crippen LogP contribution in [0.15, 0.2) is 53.5 Å². The van der Waals surface area contributed by atoms with Crippen LogP contribution in [-0.2, 0) is 4.79 Å². The highest BCUT2D eigenvalue weighted by Gasteiger charge is 2.18. The average Bonchev–Trinajstić information content (AvgIpc) is 3.20. The smallest absolute Gasteiger partial charge is 0.234 e. The quantitative estimate of drug-likeness (QED) is 0.282. The molecular formula is C23H27N3O4. The van der Waals surface area contributed by atoms with Crippen LogP contribution in [0.2, 0.25) is 0 Å². The number of nitrogens with one attached hydrogen (secondary N) is 1. The molecule has 0 saturated heterocycles. The lowest BCUT2D eigenvalue weighted by molar-refractivity contribution is -0.121. The fourth-order valence-corrected chi connectivity index (χ4v) is 3.23. The molecule has 1 heterocycles.